The average molecular weight is 196 g/mol. The maximum atomic E-state index is 11.5. The summed E-state index contributed by atoms with van der Waals surface area (Å²) in [5.74, 6) is -0.290. The van der Waals surface area contributed by atoms with Gasteiger partial charge in [-0.25, -0.2) is 4.79 Å². The number of aryl methyl sites for hydroxylation is 2. The van der Waals surface area contributed by atoms with Crippen molar-refractivity contribution >= 4 is 5.97 Å². The van der Waals surface area contributed by atoms with Gasteiger partial charge in [-0.1, -0.05) is 13.8 Å². The minimum Gasteiger partial charge on any atom is -0.461 e. The highest BCUT2D eigenvalue weighted by Crippen LogP contribution is 2.05. The van der Waals surface area contributed by atoms with E-state index in [1.165, 1.54) is 0 Å². The Morgan fingerprint density at radius 3 is 2.79 bits per heavy atom. The molecule has 0 saturated carbocycles. The maximum Gasteiger partial charge on any atom is 0.356 e. The standard InChI is InChI=1S/C10H16N2O2/c1-4-6-14-10(13)9-7-8(5-2)11-12(9)3/h7H,4-6H2,1-3H3. The van der Waals surface area contributed by atoms with E-state index in [9.17, 15) is 4.79 Å². The van der Waals surface area contributed by atoms with Crippen molar-refractivity contribution in [1.82, 2.24) is 9.78 Å². The third-order valence-electron chi connectivity index (χ3n) is 1.94. The molecule has 14 heavy (non-hydrogen) atoms. The van der Waals surface area contributed by atoms with E-state index >= 15 is 0 Å². The fourth-order valence-corrected chi connectivity index (χ4v) is 1.16. The van der Waals surface area contributed by atoms with Crippen molar-refractivity contribution < 1.29 is 9.53 Å². The molecule has 0 saturated heterocycles. The van der Waals surface area contributed by atoms with Gasteiger partial charge in [-0.05, 0) is 18.9 Å². The van der Waals surface area contributed by atoms with E-state index in [2.05, 4.69) is 5.10 Å². The van der Waals surface area contributed by atoms with E-state index in [1.54, 1.807) is 17.8 Å². The van der Waals surface area contributed by atoms with Gasteiger partial charge in [0.1, 0.15) is 5.69 Å². The number of aromatic nitrogens is 2. The van der Waals surface area contributed by atoms with Gasteiger partial charge in [0.15, 0.2) is 0 Å². The smallest absolute Gasteiger partial charge is 0.356 e. The second-order valence-corrected chi connectivity index (χ2v) is 3.13. The van der Waals surface area contributed by atoms with Gasteiger partial charge in [0.25, 0.3) is 0 Å². The second-order valence-electron chi connectivity index (χ2n) is 3.13. The monoisotopic (exact) mass is 196 g/mol. The van der Waals surface area contributed by atoms with Crippen LogP contribution in [0.15, 0.2) is 6.07 Å². The molecule has 0 aliphatic carbocycles. The van der Waals surface area contributed by atoms with Crippen LogP contribution in [0.2, 0.25) is 0 Å². The lowest BCUT2D eigenvalue weighted by Crippen LogP contribution is -2.11. The Morgan fingerprint density at radius 1 is 1.57 bits per heavy atom. The number of carbonyl (C=O) groups excluding carboxylic acids is 1. The molecule has 0 radical (unpaired) electrons. The number of ether oxygens (including phenoxy) is 1. The molecule has 1 heterocycles. The Hall–Kier alpha value is -1.32. The highest BCUT2D eigenvalue weighted by Gasteiger charge is 2.13. The Bertz CT molecular complexity index is 318. The van der Waals surface area contributed by atoms with Gasteiger partial charge in [-0.2, -0.15) is 5.10 Å². The highest BCUT2D eigenvalue weighted by molar-refractivity contribution is 5.87. The van der Waals surface area contributed by atoms with Crippen LogP contribution in [0.3, 0.4) is 0 Å². The minimum absolute atomic E-state index is 0.290. The number of carbonyl (C=O) groups is 1. The summed E-state index contributed by atoms with van der Waals surface area (Å²) < 4.78 is 6.58. The topological polar surface area (TPSA) is 44.1 Å². The molecule has 1 aromatic heterocycles. The van der Waals surface area contributed by atoms with Gasteiger partial charge in [0, 0.05) is 7.05 Å². The first-order valence-electron chi connectivity index (χ1n) is 4.89. The molecule has 0 aliphatic rings. The summed E-state index contributed by atoms with van der Waals surface area (Å²) >= 11 is 0. The third kappa shape index (κ3) is 2.34. The van der Waals surface area contributed by atoms with Gasteiger partial charge in [-0.15, -0.1) is 0 Å². The van der Waals surface area contributed by atoms with Crippen LogP contribution in [0.5, 0.6) is 0 Å². The molecule has 1 rings (SSSR count). The van der Waals surface area contributed by atoms with Gasteiger partial charge < -0.3 is 4.74 Å². The molecule has 0 bridgehead atoms. The first-order valence-corrected chi connectivity index (χ1v) is 4.89. The summed E-state index contributed by atoms with van der Waals surface area (Å²) in [6.07, 6.45) is 1.67. The second kappa shape index (κ2) is 4.79. The van der Waals surface area contributed by atoms with Gasteiger partial charge >= 0.3 is 5.97 Å². The summed E-state index contributed by atoms with van der Waals surface area (Å²) in [6.45, 7) is 4.43. The first-order chi connectivity index (χ1) is 6.69. The lowest BCUT2D eigenvalue weighted by Gasteiger charge is -2.01. The van der Waals surface area contributed by atoms with Gasteiger partial charge in [0.2, 0.25) is 0 Å². The Kier molecular flexibility index (Phi) is 3.68. The highest BCUT2D eigenvalue weighted by atomic mass is 16.5. The number of rotatable bonds is 4. The van der Waals surface area contributed by atoms with Crippen LogP contribution in [0.25, 0.3) is 0 Å². The maximum absolute atomic E-state index is 11.5. The molecule has 0 aliphatic heterocycles. The van der Waals surface area contributed by atoms with Crippen LogP contribution in [0.1, 0.15) is 36.5 Å². The summed E-state index contributed by atoms with van der Waals surface area (Å²) in [7, 11) is 1.75. The molecular weight excluding hydrogens is 180 g/mol. The van der Waals surface area contributed by atoms with E-state index in [0.29, 0.717) is 12.3 Å². The Labute approximate surface area is 83.9 Å². The van der Waals surface area contributed by atoms with Crippen LogP contribution in [0, 0.1) is 0 Å². The predicted molar refractivity (Wildman–Crippen MR) is 53.2 cm³/mol. The van der Waals surface area contributed by atoms with Crippen molar-refractivity contribution in [2.75, 3.05) is 6.61 Å². The van der Waals surface area contributed by atoms with Crippen molar-refractivity contribution in [3.63, 3.8) is 0 Å². The van der Waals surface area contributed by atoms with Crippen LogP contribution in [-0.4, -0.2) is 22.4 Å². The molecule has 0 spiro atoms. The van der Waals surface area contributed by atoms with E-state index in [0.717, 1.165) is 18.5 Å². The SMILES string of the molecule is CCCOC(=O)c1cc(CC)nn1C. The minimum atomic E-state index is -0.290. The van der Waals surface area contributed by atoms with E-state index < -0.39 is 0 Å². The average Bonchev–Trinajstić information content (AvgIpc) is 2.56. The zero-order valence-corrected chi connectivity index (χ0v) is 8.91. The molecular formula is C10H16N2O2. The van der Waals surface area contributed by atoms with E-state index in [4.69, 9.17) is 4.74 Å². The molecule has 0 fully saturated rings. The quantitative estimate of drug-likeness (QED) is 0.686. The molecule has 0 atom stereocenters. The Balaban J connectivity index is 2.73. The van der Waals surface area contributed by atoms with Crippen LogP contribution < -0.4 is 0 Å². The molecule has 0 unspecified atom stereocenters. The molecule has 78 valence electrons. The summed E-state index contributed by atoms with van der Waals surface area (Å²) in [6, 6.07) is 1.78. The Morgan fingerprint density at radius 2 is 2.29 bits per heavy atom. The molecule has 4 heteroatoms. The van der Waals surface area contributed by atoms with Crippen molar-refractivity contribution in [1.29, 1.82) is 0 Å². The normalized spacial score (nSPS) is 10.2. The lowest BCUT2D eigenvalue weighted by atomic mass is 10.3. The zero-order valence-electron chi connectivity index (χ0n) is 8.91. The van der Waals surface area contributed by atoms with Crippen molar-refractivity contribution in [2.45, 2.75) is 26.7 Å². The number of esters is 1. The van der Waals surface area contributed by atoms with Crippen molar-refractivity contribution in [3.05, 3.63) is 17.5 Å². The molecule has 4 nitrogen and oxygen atoms in total. The number of hydrogen-bond acceptors (Lipinski definition) is 3. The molecule has 0 amide bonds. The van der Waals surface area contributed by atoms with Gasteiger partial charge in [0.05, 0.1) is 12.3 Å². The van der Waals surface area contributed by atoms with Crippen LogP contribution in [-0.2, 0) is 18.2 Å². The first kappa shape index (κ1) is 10.8. The van der Waals surface area contributed by atoms with Crippen molar-refractivity contribution in [2.24, 2.45) is 7.05 Å². The largest absolute Gasteiger partial charge is 0.461 e. The van der Waals surface area contributed by atoms with Crippen LogP contribution >= 0.6 is 0 Å². The predicted octanol–water partition coefficient (Wildman–Crippen LogP) is 1.55. The molecule has 0 aromatic carbocycles. The molecule has 1 aromatic rings. The van der Waals surface area contributed by atoms with Crippen LogP contribution in [0.4, 0.5) is 0 Å². The van der Waals surface area contributed by atoms with E-state index in [1.807, 2.05) is 13.8 Å². The number of nitrogens with zero attached hydrogens (tertiary/aromatic N) is 2. The van der Waals surface area contributed by atoms with Crippen molar-refractivity contribution in [3.8, 4) is 0 Å². The zero-order chi connectivity index (χ0) is 10.6. The summed E-state index contributed by atoms with van der Waals surface area (Å²) in [5, 5.41) is 4.17. The summed E-state index contributed by atoms with van der Waals surface area (Å²) in [5.41, 5.74) is 1.44. The lowest BCUT2D eigenvalue weighted by molar-refractivity contribution is 0.0492. The third-order valence-corrected chi connectivity index (χ3v) is 1.94. The summed E-state index contributed by atoms with van der Waals surface area (Å²) in [4.78, 5) is 11.5. The van der Waals surface area contributed by atoms with E-state index in [-0.39, 0.29) is 5.97 Å². The van der Waals surface area contributed by atoms with Gasteiger partial charge in [-0.3, -0.25) is 4.68 Å². The fraction of sp³-hybridized carbons (Fsp3) is 0.600. The number of hydrogen-bond donors (Lipinski definition) is 0. The fourth-order valence-electron chi connectivity index (χ4n) is 1.16. The molecule has 0 N–H and O–H groups in total.